The van der Waals surface area contributed by atoms with E-state index in [9.17, 15) is 20.4 Å². The predicted molar refractivity (Wildman–Crippen MR) is 87.7 cm³/mol. The van der Waals surface area contributed by atoms with E-state index in [0.29, 0.717) is 0 Å². The maximum absolute atomic E-state index is 10.5. The van der Waals surface area contributed by atoms with E-state index >= 15 is 0 Å². The quantitative estimate of drug-likeness (QED) is 0.646. The molecule has 2 atom stereocenters. The van der Waals surface area contributed by atoms with Gasteiger partial charge in [-0.05, 0) is 52.7 Å². The highest BCUT2D eigenvalue weighted by Gasteiger charge is 2.40. The molecule has 1 rings (SSSR count). The molecular weight excluding hydrogens is 280 g/mol. The van der Waals surface area contributed by atoms with Crippen LogP contribution in [0.4, 0.5) is 0 Å². The van der Waals surface area contributed by atoms with Crippen LogP contribution in [0.25, 0.3) is 0 Å². The first-order chi connectivity index (χ1) is 9.67. The van der Waals surface area contributed by atoms with Crippen LogP contribution in [0.1, 0.15) is 52.7 Å². The van der Waals surface area contributed by atoms with Crippen LogP contribution in [-0.2, 0) is 12.8 Å². The summed E-state index contributed by atoms with van der Waals surface area (Å²) in [4.78, 5) is 0. The van der Waals surface area contributed by atoms with Crippen molar-refractivity contribution in [3.63, 3.8) is 0 Å². The van der Waals surface area contributed by atoms with Gasteiger partial charge in [0.25, 0.3) is 0 Å². The van der Waals surface area contributed by atoms with Gasteiger partial charge in [0.2, 0.25) is 0 Å². The van der Waals surface area contributed by atoms with Gasteiger partial charge in [-0.2, -0.15) is 0 Å². The van der Waals surface area contributed by atoms with Gasteiger partial charge < -0.3 is 20.4 Å². The Kier molecular flexibility index (Phi) is 5.15. The third-order valence-electron chi connectivity index (χ3n) is 4.82. The summed E-state index contributed by atoms with van der Waals surface area (Å²) in [6.45, 7) is 9.48. The SMILES string of the molecule is CC(C)(O)C(C)(O)Cc1ccccc1CC(C)(O)C(C)(C)O. The minimum atomic E-state index is -1.30. The molecule has 22 heavy (non-hydrogen) atoms. The Labute approximate surface area is 133 Å². The first-order valence-corrected chi connectivity index (χ1v) is 7.64. The van der Waals surface area contributed by atoms with Crippen LogP contribution >= 0.6 is 0 Å². The van der Waals surface area contributed by atoms with Gasteiger partial charge in [0.1, 0.15) is 0 Å². The van der Waals surface area contributed by atoms with Crippen molar-refractivity contribution in [2.24, 2.45) is 0 Å². The molecule has 0 aliphatic heterocycles. The van der Waals surface area contributed by atoms with Gasteiger partial charge in [-0.25, -0.2) is 0 Å². The number of benzene rings is 1. The van der Waals surface area contributed by atoms with Gasteiger partial charge in [-0.15, -0.1) is 0 Å². The molecule has 0 heterocycles. The minimum Gasteiger partial charge on any atom is -0.387 e. The number of aliphatic hydroxyl groups is 4. The molecular formula is C18H30O4. The van der Waals surface area contributed by atoms with Crippen molar-refractivity contribution in [2.75, 3.05) is 0 Å². The van der Waals surface area contributed by atoms with E-state index in [1.807, 2.05) is 24.3 Å². The van der Waals surface area contributed by atoms with E-state index in [1.54, 1.807) is 41.5 Å². The lowest BCUT2D eigenvalue weighted by atomic mass is 9.78. The van der Waals surface area contributed by atoms with Crippen LogP contribution in [0, 0.1) is 0 Å². The molecule has 2 unspecified atom stereocenters. The predicted octanol–water partition coefficient (Wildman–Crippen LogP) is 1.82. The first kappa shape index (κ1) is 19.1. The normalized spacial score (nSPS) is 18.6. The molecule has 0 saturated carbocycles. The van der Waals surface area contributed by atoms with E-state index in [1.165, 1.54) is 0 Å². The van der Waals surface area contributed by atoms with Gasteiger partial charge in [-0.1, -0.05) is 24.3 Å². The molecule has 1 aromatic carbocycles. The topological polar surface area (TPSA) is 80.9 Å². The summed E-state index contributed by atoms with van der Waals surface area (Å²) < 4.78 is 0. The molecule has 0 aliphatic carbocycles. The summed E-state index contributed by atoms with van der Waals surface area (Å²) in [5, 5.41) is 41.3. The molecule has 0 aliphatic rings. The highest BCUT2D eigenvalue weighted by Crippen LogP contribution is 2.31. The smallest absolute Gasteiger partial charge is 0.0940 e. The highest BCUT2D eigenvalue weighted by molar-refractivity contribution is 5.31. The largest absolute Gasteiger partial charge is 0.387 e. The molecule has 0 radical (unpaired) electrons. The van der Waals surface area contributed by atoms with E-state index in [2.05, 4.69) is 0 Å². The van der Waals surface area contributed by atoms with Gasteiger partial charge in [0, 0.05) is 12.8 Å². The van der Waals surface area contributed by atoms with Crippen molar-refractivity contribution < 1.29 is 20.4 Å². The van der Waals surface area contributed by atoms with Crippen LogP contribution in [0.3, 0.4) is 0 Å². The number of hydrogen-bond donors (Lipinski definition) is 4. The molecule has 0 amide bonds. The Morgan fingerprint density at radius 3 is 1.14 bits per heavy atom. The van der Waals surface area contributed by atoms with Gasteiger partial charge >= 0.3 is 0 Å². The van der Waals surface area contributed by atoms with Gasteiger partial charge in [0.15, 0.2) is 0 Å². The second-order valence-corrected chi connectivity index (χ2v) is 7.79. The molecule has 0 saturated heterocycles. The van der Waals surface area contributed by atoms with Crippen molar-refractivity contribution in [1.29, 1.82) is 0 Å². The zero-order chi connectivity index (χ0) is 17.4. The lowest BCUT2D eigenvalue weighted by Gasteiger charge is -2.38. The molecule has 0 spiro atoms. The molecule has 4 nitrogen and oxygen atoms in total. The first-order valence-electron chi connectivity index (χ1n) is 7.64. The van der Waals surface area contributed by atoms with E-state index < -0.39 is 22.4 Å². The van der Waals surface area contributed by atoms with Crippen LogP contribution in [0.2, 0.25) is 0 Å². The molecule has 126 valence electrons. The summed E-state index contributed by atoms with van der Waals surface area (Å²) in [5.74, 6) is 0. The van der Waals surface area contributed by atoms with Crippen LogP contribution in [-0.4, -0.2) is 42.8 Å². The van der Waals surface area contributed by atoms with Crippen LogP contribution in [0.5, 0.6) is 0 Å². The van der Waals surface area contributed by atoms with E-state index in [4.69, 9.17) is 0 Å². The molecule has 0 fully saturated rings. The van der Waals surface area contributed by atoms with Crippen molar-refractivity contribution in [3.05, 3.63) is 35.4 Å². The van der Waals surface area contributed by atoms with E-state index in [0.717, 1.165) is 11.1 Å². The van der Waals surface area contributed by atoms with Crippen molar-refractivity contribution in [2.45, 2.75) is 76.8 Å². The maximum Gasteiger partial charge on any atom is 0.0940 e. The Hall–Kier alpha value is -0.940. The Morgan fingerprint density at radius 1 is 0.636 bits per heavy atom. The summed E-state index contributed by atoms with van der Waals surface area (Å²) in [6.07, 6.45) is 0.517. The maximum atomic E-state index is 10.5. The number of hydrogen-bond acceptors (Lipinski definition) is 4. The second kappa shape index (κ2) is 5.93. The minimum absolute atomic E-state index is 0.259. The molecule has 0 bridgehead atoms. The summed E-state index contributed by atoms with van der Waals surface area (Å²) in [7, 11) is 0. The average Bonchev–Trinajstić information content (AvgIpc) is 2.28. The third kappa shape index (κ3) is 4.29. The summed E-state index contributed by atoms with van der Waals surface area (Å²) >= 11 is 0. The molecule has 0 aromatic heterocycles. The van der Waals surface area contributed by atoms with Crippen molar-refractivity contribution >= 4 is 0 Å². The number of rotatable bonds is 6. The molecule has 4 heteroatoms. The average molecular weight is 310 g/mol. The monoisotopic (exact) mass is 310 g/mol. The second-order valence-electron chi connectivity index (χ2n) is 7.79. The van der Waals surface area contributed by atoms with Gasteiger partial charge in [-0.3, -0.25) is 0 Å². The van der Waals surface area contributed by atoms with Crippen molar-refractivity contribution in [1.82, 2.24) is 0 Å². The van der Waals surface area contributed by atoms with Crippen LogP contribution in [0.15, 0.2) is 24.3 Å². The highest BCUT2D eigenvalue weighted by atomic mass is 16.4. The fourth-order valence-corrected chi connectivity index (χ4v) is 2.08. The van der Waals surface area contributed by atoms with Crippen LogP contribution < -0.4 is 0 Å². The fraction of sp³-hybridized carbons (Fsp3) is 0.667. The standard InChI is InChI=1S/C18H30O4/c1-15(2,19)17(5,21)11-13-9-7-8-10-14(13)12-18(6,22)16(3,4)20/h7-10,19-22H,11-12H2,1-6H3. The molecule has 1 aromatic rings. The lowest BCUT2D eigenvalue weighted by Crippen LogP contribution is -2.50. The Balaban J connectivity index is 3.12. The Bertz CT molecular complexity index is 458. The lowest BCUT2D eigenvalue weighted by molar-refractivity contribution is -0.121. The fourth-order valence-electron chi connectivity index (χ4n) is 2.08. The molecule has 4 N–H and O–H groups in total. The zero-order valence-electron chi connectivity index (χ0n) is 14.5. The summed E-state index contributed by atoms with van der Waals surface area (Å²) in [6, 6.07) is 7.46. The third-order valence-corrected chi connectivity index (χ3v) is 4.82. The Morgan fingerprint density at radius 2 is 0.909 bits per heavy atom. The van der Waals surface area contributed by atoms with Gasteiger partial charge in [0.05, 0.1) is 22.4 Å². The summed E-state index contributed by atoms with van der Waals surface area (Å²) in [5.41, 5.74) is -3.41. The van der Waals surface area contributed by atoms with E-state index in [-0.39, 0.29) is 12.8 Å². The zero-order valence-corrected chi connectivity index (χ0v) is 14.5. The van der Waals surface area contributed by atoms with Crippen molar-refractivity contribution in [3.8, 4) is 0 Å².